The maximum Gasteiger partial charge on any atom is 0.336 e. The van der Waals surface area contributed by atoms with Crippen LogP contribution in [0.15, 0.2) is 0 Å². The molecule has 0 aromatic heterocycles. The van der Waals surface area contributed by atoms with Crippen molar-refractivity contribution >= 4 is 5.97 Å². The van der Waals surface area contributed by atoms with Crippen molar-refractivity contribution in [2.75, 3.05) is 26.3 Å². The molecule has 0 aromatic rings. The molecular formula is C10H21NO4. The largest absolute Gasteiger partial charge is 0.479 e. The summed E-state index contributed by atoms with van der Waals surface area (Å²) in [6.45, 7) is 5.20. The van der Waals surface area contributed by atoms with Crippen molar-refractivity contribution in [2.24, 2.45) is 0 Å². The zero-order valence-corrected chi connectivity index (χ0v) is 9.45. The Morgan fingerprint density at radius 1 is 1.47 bits per heavy atom. The minimum Gasteiger partial charge on any atom is -0.479 e. The Hall–Kier alpha value is -0.650. The summed E-state index contributed by atoms with van der Waals surface area (Å²) in [5.41, 5.74) is -1.70. The summed E-state index contributed by atoms with van der Waals surface area (Å²) in [4.78, 5) is 10.5. The summed E-state index contributed by atoms with van der Waals surface area (Å²) >= 11 is 0. The Morgan fingerprint density at radius 2 is 2.13 bits per heavy atom. The van der Waals surface area contributed by atoms with Gasteiger partial charge < -0.3 is 20.3 Å². The van der Waals surface area contributed by atoms with Crippen molar-refractivity contribution < 1.29 is 19.7 Å². The van der Waals surface area contributed by atoms with Crippen LogP contribution in [0.25, 0.3) is 0 Å². The normalized spacial score (nSPS) is 14.9. The number of rotatable bonds is 9. The van der Waals surface area contributed by atoms with Crippen LogP contribution in [0.4, 0.5) is 0 Å². The summed E-state index contributed by atoms with van der Waals surface area (Å²) in [5, 5.41) is 20.8. The molecule has 5 nitrogen and oxygen atoms in total. The lowest BCUT2D eigenvalue weighted by Crippen LogP contribution is -2.45. The van der Waals surface area contributed by atoms with E-state index in [9.17, 15) is 9.90 Å². The molecule has 1 atom stereocenters. The molecule has 0 bridgehead atoms. The highest BCUT2D eigenvalue weighted by Gasteiger charge is 2.28. The fraction of sp³-hybridized carbons (Fsp3) is 0.900. The highest BCUT2D eigenvalue weighted by atomic mass is 16.5. The zero-order valence-electron chi connectivity index (χ0n) is 9.45. The van der Waals surface area contributed by atoms with Crippen LogP contribution in [0.1, 0.15) is 26.7 Å². The number of unbranched alkanes of at least 4 members (excludes halogenated alkanes) is 1. The average Bonchev–Trinajstić information content (AvgIpc) is 2.16. The molecule has 0 amide bonds. The van der Waals surface area contributed by atoms with Crippen LogP contribution in [0.2, 0.25) is 0 Å². The Kier molecular flexibility index (Phi) is 7.29. The minimum absolute atomic E-state index is 0.0273. The first-order chi connectivity index (χ1) is 7.00. The molecule has 0 heterocycles. The average molecular weight is 219 g/mol. The number of hydrogen-bond acceptors (Lipinski definition) is 4. The highest BCUT2D eigenvalue weighted by Crippen LogP contribution is 2.00. The van der Waals surface area contributed by atoms with E-state index in [0.29, 0.717) is 13.2 Å². The highest BCUT2D eigenvalue weighted by molar-refractivity contribution is 5.76. The smallest absolute Gasteiger partial charge is 0.336 e. The number of ether oxygens (including phenoxy) is 1. The number of carbonyl (C=O) groups is 1. The van der Waals surface area contributed by atoms with E-state index >= 15 is 0 Å². The summed E-state index contributed by atoms with van der Waals surface area (Å²) in [7, 11) is 0. The number of nitrogens with one attached hydrogen (secondary N) is 1. The molecule has 90 valence electrons. The monoisotopic (exact) mass is 219 g/mol. The van der Waals surface area contributed by atoms with Gasteiger partial charge in [0, 0.05) is 19.7 Å². The molecule has 0 fully saturated rings. The van der Waals surface area contributed by atoms with Crippen molar-refractivity contribution in [3.8, 4) is 0 Å². The standard InChI is InChI=1S/C10H21NO4/c1-3-4-6-15-7-5-11-8-10(2,14)9(12)13/h11,14H,3-8H2,1-2H3,(H,12,13). The molecule has 3 N–H and O–H groups in total. The molecule has 0 spiro atoms. The van der Waals surface area contributed by atoms with Gasteiger partial charge >= 0.3 is 5.97 Å². The van der Waals surface area contributed by atoms with Crippen molar-refractivity contribution in [2.45, 2.75) is 32.3 Å². The van der Waals surface area contributed by atoms with E-state index in [1.807, 2.05) is 0 Å². The molecule has 0 aliphatic heterocycles. The van der Waals surface area contributed by atoms with Crippen LogP contribution >= 0.6 is 0 Å². The second-order valence-electron chi connectivity index (χ2n) is 3.72. The van der Waals surface area contributed by atoms with E-state index < -0.39 is 11.6 Å². The van der Waals surface area contributed by atoms with Gasteiger partial charge in [-0.25, -0.2) is 4.79 Å². The molecule has 1 unspecified atom stereocenters. The summed E-state index contributed by atoms with van der Waals surface area (Å²) in [6.07, 6.45) is 2.13. The van der Waals surface area contributed by atoms with Crippen LogP contribution in [-0.2, 0) is 9.53 Å². The first-order valence-corrected chi connectivity index (χ1v) is 5.25. The van der Waals surface area contributed by atoms with Gasteiger partial charge in [0.2, 0.25) is 0 Å². The van der Waals surface area contributed by atoms with Crippen LogP contribution in [0.3, 0.4) is 0 Å². The number of hydrogen-bond donors (Lipinski definition) is 3. The van der Waals surface area contributed by atoms with Crippen molar-refractivity contribution in [1.82, 2.24) is 5.32 Å². The first-order valence-electron chi connectivity index (χ1n) is 5.25. The molecule has 15 heavy (non-hydrogen) atoms. The molecule has 0 saturated carbocycles. The van der Waals surface area contributed by atoms with Gasteiger partial charge in [0.15, 0.2) is 5.60 Å². The predicted octanol–water partition coefficient (Wildman–Crippen LogP) is 0.228. The summed E-state index contributed by atoms with van der Waals surface area (Å²) < 4.78 is 5.26. The van der Waals surface area contributed by atoms with E-state index in [0.717, 1.165) is 19.4 Å². The van der Waals surface area contributed by atoms with E-state index in [4.69, 9.17) is 9.84 Å². The van der Waals surface area contributed by atoms with E-state index in [-0.39, 0.29) is 6.54 Å². The molecular weight excluding hydrogens is 198 g/mol. The van der Waals surface area contributed by atoms with Crippen LogP contribution in [0.5, 0.6) is 0 Å². The minimum atomic E-state index is -1.70. The molecule has 0 aromatic carbocycles. The Bertz CT molecular complexity index is 182. The van der Waals surface area contributed by atoms with Crippen LogP contribution in [-0.4, -0.2) is 48.1 Å². The van der Waals surface area contributed by atoms with Gasteiger partial charge in [-0.3, -0.25) is 0 Å². The Balaban J connectivity index is 3.35. The maximum atomic E-state index is 10.5. The zero-order chi connectivity index (χ0) is 11.7. The lowest BCUT2D eigenvalue weighted by molar-refractivity contribution is -0.156. The molecule has 0 rings (SSSR count). The SMILES string of the molecule is CCCCOCCNCC(C)(O)C(=O)O. The fourth-order valence-corrected chi connectivity index (χ4v) is 0.900. The van der Waals surface area contributed by atoms with Crippen LogP contribution < -0.4 is 5.32 Å². The number of carboxylic acid groups (broad SMARTS) is 1. The third-order valence-electron chi connectivity index (χ3n) is 2.00. The Morgan fingerprint density at radius 3 is 2.67 bits per heavy atom. The summed E-state index contributed by atoms with van der Waals surface area (Å²) in [6, 6.07) is 0. The third-order valence-corrected chi connectivity index (χ3v) is 2.00. The first kappa shape index (κ1) is 14.3. The molecule has 0 aliphatic rings. The van der Waals surface area contributed by atoms with E-state index in [1.54, 1.807) is 0 Å². The molecule has 0 aliphatic carbocycles. The number of carboxylic acids is 1. The van der Waals surface area contributed by atoms with E-state index in [1.165, 1.54) is 6.92 Å². The Labute approximate surface area is 90.4 Å². The quantitative estimate of drug-likeness (QED) is 0.484. The van der Waals surface area contributed by atoms with Gasteiger partial charge in [-0.15, -0.1) is 0 Å². The van der Waals surface area contributed by atoms with Crippen molar-refractivity contribution in [3.05, 3.63) is 0 Å². The van der Waals surface area contributed by atoms with Gasteiger partial charge in [-0.2, -0.15) is 0 Å². The second-order valence-corrected chi connectivity index (χ2v) is 3.72. The molecule has 5 heteroatoms. The lowest BCUT2D eigenvalue weighted by Gasteiger charge is -2.18. The lowest BCUT2D eigenvalue weighted by atomic mass is 10.1. The van der Waals surface area contributed by atoms with E-state index in [2.05, 4.69) is 12.2 Å². The topological polar surface area (TPSA) is 78.8 Å². The maximum absolute atomic E-state index is 10.5. The van der Waals surface area contributed by atoms with Crippen LogP contribution in [0, 0.1) is 0 Å². The second kappa shape index (κ2) is 7.62. The van der Waals surface area contributed by atoms with Gasteiger partial charge in [0.25, 0.3) is 0 Å². The van der Waals surface area contributed by atoms with Gasteiger partial charge in [0.1, 0.15) is 0 Å². The molecule has 0 radical (unpaired) electrons. The van der Waals surface area contributed by atoms with Crippen molar-refractivity contribution in [3.63, 3.8) is 0 Å². The van der Waals surface area contributed by atoms with Gasteiger partial charge in [0.05, 0.1) is 6.61 Å². The third kappa shape index (κ3) is 7.30. The fourth-order valence-electron chi connectivity index (χ4n) is 0.900. The summed E-state index contributed by atoms with van der Waals surface area (Å²) in [5.74, 6) is -1.22. The predicted molar refractivity (Wildman–Crippen MR) is 56.9 cm³/mol. The number of aliphatic carboxylic acids is 1. The van der Waals surface area contributed by atoms with Gasteiger partial charge in [-0.1, -0.05) is 13.3 Å². The number of aliphatic hydroxyl groups is 1. The van der Waals surface area contributed by atoms with Gasteiger partial charge in [-0.05, 0) is 13.3 Å². The van der Waals surface area contributed by atoms with Crippen molar-refractivity contribution in [1.29, 1.82) is 0 Å². The molecule has 0 saturated heterocycles.